The number of carboxylic acids is 1. The van der Waals surface area contributed by atoms with E-state index in [4.69, 9.17) is 9.84 Å². The minimum absolute atomic E-state index is 0.0350. The third-order valence-electron chi connectivity index (χ3n) is 2.75. The number of likely N-dealkylation sites (N-methyl/N-ethyl adjacent to an activating group) is 1. The summed E-state index contributed by atoms with van der Waals surface area (Å²) in [6.45, 7) is 3.57. The average Bonchev–Trinajstić information content (AvgIpc) is 2.71. The molecule has 1 aromatic heterocycles. The third-order valence-corrected chi connectivity index (χ3v) is 6.40. The van der Waals surface area contributed by atoms with Crippen LogP contribution in [-0.2, 0) is 14.8 Å². The van der Waals surface area contributed by atoms with Gasteiger partial charge >= 0.3 is 5.97 Å². The molecule has 0 saturated carbocycles. The van der Waals surface area contributed by atoms with Crippen LogP contribution in [0.25, 0.3) is 0 Å². The van der Waals surface area contributed by atoms with Crippen LogP contribution in [0, 0.1) is 6.92 Å². The highest BCUT2D eigenvalue weighted by molar-refractivity contribution is 7.91. The number of rotatable bonds is 6. The molecule has 1 N–H and O–H groups in total. The van der Waals surface area contributed by atoms with E-state index in [1.54, 1.807) is 13.8 Å². The second-order valence-corrected chi connectivity index (χ2v) is 7.48. The highest BCUT2D eigenvalue weighted by Gasteiger charge is 2.28. The van der Waals surface area contributed by atoms with E-state index in [0.29, 0.717) is 5.56 Å². The van der Waals surface area contributed by atoms with Crippen LogP contribution < -0.4 is 0 Å². The van der Waals surface area contributed by atoms with Crippen molar-refractivity contribution in [2.75, 3.05) is 20.8 Å². The van der Waals surface area contributed by atoms with Crippen LogP contribution in [0.5, 0.6) is 0 Å². The third kappa shape index (κ3) is 3.33. The van der Waals surface area contributed by atoms with Crippen molar-refractivity contribution in [3.8, 4) is 0 Å². The number of hydrogen-bond acceptors (Lipinski definition) is 5. The summed E-state index contributed by atoms with van der Waals surface area (Å²) in [6.07, 6.45) is 0. The number of thiophene rings is 1. The summed E-state index contributed by atoms with van der Waals surface area (Å²) in [5.74, 6) is -1.11. The van der Waals surface area contributed by atoms with Crippen molar-refractivity contribution < 1.29 is 23.1 Å². The van der Waals surface area contributed by atoms with E-state index < -0.39 is 16.0 Å². The van der Waals surface area contributed by atoms with Gasteiger partial charge in [-0.05, 0) is 25.5 Å². The molecule has 0 aliphatic carbocycles. The van der Waals surface area contributed by atoms with Gasteiger partial charge in [0.1, 0.15) is 9.09 Å². The molecule has 108 valence electrons. The maximum atomic E-state index is 12.3. The molecule has 1 heterocycles. The van der Waals surface area contributed by atoms with Gasteiger partial charge in [0.15, 0.2) is 0 Å². The second-order valence-electron chi connectivity index (χ2n) is 4.21. The van der Waals surface area contributed by atoms with E-state index in [0.717, 1.165) is 11.3 Å². The monoisotopic (exact) mass is 307 g/mol. The zero-order valence-corrected chi connectivity index (χ0v) is 12.8. The topological polar surface area (TPSA) is 83.9 Å². The lowest BCUT2D eigenvalue weighted by molar-refractivity contribution is 0.0701. The Morgan fingerprint density at radius 2 is 2.16 bits per heavy atom. The van der Waals surface area contributed by atoms with Gasteiger partial charge in [-0.15, -0.1) is 11.3 Å². The molecule has 0 radical (unpaired) electrons. The Labute approximate surface area is 116 Å². The van der Waals surface area contributed by atoms with Crippen LogP contribution in [0.15, 0.2) is 10.3 Å². The molecule has 1 unspecified atom stereocenters. The van der Waals surface area contributed by atoms with Crippen molar-refractivity contribution in [1.82, 2.24) is 4.31 Å². The normalized spacial score (nSPS) is 13.7. The minimum atomic E-state index is -3.69. The first kappa shape index (κ1) is 16.1. The molecule has 0 spiro atoms. The summed E-state index contributed by atoms with van der Waals surface area (Å²) < 4.78 is 30.8. The molecular formula is C11H17NO5S2. The predicted molar refractivity (Wildman–Crippen MR) is 72.3 cm³/mol. The summed E-state index contributed by atoms with van der Waals surface area (Å²) in [5.41, 5.74) is 0.448. The Bertz CT molecular complexity index is 564. The van der Waals surface area contributed by atoms with E-state index >= 15 is 0 Å². The van der Waals surface area contributed by atoms with Crippen molar-refractivity contribution >= 4 is 27.3 Å². The molecule has 0 saturated heterocycles. The molecule has 0 fully saturated rings. The van der Waals surface area contributed by atoms with Crippen LogP contribution in [0.1, 0.15) is 22.2 Å². The highest BCUT2D eigenvalue weighted by Crippen LogP contribution is 2.28. The summed E-state index contributed by atoms with van der Waals surface area (Å²) in [5, 5.41) is 8.96. The first-order valence-corrected chi connectivity index (χ1v) is 7.78. The molecule has 0 bridgehead atoms. The van der Waals surface area contributed by atoms with Crippen LogP contribution in [0.3, 0.4) is 0 Å². The van der Waals surface area contributed by atoms with E-state index in [-0.39, 0.29) is 21.7 Å². The van der Waals surface area contributed by atoms with E-state index in [1.807, 2.05) is 0 Å². The number of aromatic carboxylic acids is 1. The second kappa shape index (κ2) is 6.00. The van der Waals surface area contributed by atoms with Crippen molar-refractivity contribution in [2.45, 2.75) is 24.1 Å². The van der Waals surface area contributed by atoms with Gasteiger partial charge in [0.2, 0.25) is 0 Å². The van der Waals surface area contributed by atoms with E-state index in [9.17, 15) is 13.2 Å². The maximum Gasteiger partial charge on any atom is 0.346 e. The highest BCUT2D eigenvalue weighted by atomic mass is 32.2. The number of carbonyl (C=O) groups is 1. The molecular weight excluding hydrogens is 290 g/mol. The molecule has 0 aromatic carbocycles. The van der Waals surface area contributed by atoms with Crippen molar-refractivity contribution in [3.05, 3.63) is 16.5 Å². The van der Waals surface area contributed by atoms with Crippen LogP contribution >= 0.6 is 11.3 Å². The Morgan fingerprint density at radius 1 is 1.58 bits per heavy atom. The van der Waals surface area contributed by atoms with Gasteiger partial charge < -0.3 is 9.84 Å². The first-order valence-electron chi connectivity index (χ1n) is 5.52. The van der Waals surface area contributed by atoms with Crippen molar-refractivity contribution in [2.24, 2.45) is 0 Å². The van der Waals surface area contributed by atoms with Crippen molar-refractivity contribution in [3.63, 3.8) is 0 Å². The van der Waals surface area contributed by atoms with Gasteiger partial charge in [-0.2, -0.15) is 4.31 Å². The maximum absolute atomic E-state index is 12.3. The Balaban J connectivity index is 3.13. The lowest BCUT2D eigenvalue weighted by Crippen LogP contribution is -2.37. The number of sulfonamides is 1. The van der Waals surface area contributed by atoms with Crippen molar-refractivity contribution in [1.29, 1.82) is 0 Å². The average molecular weight is 307 g/mol. The molecule has 1 rings (SSSR count). The summed E-state index contributed by atoms with van der Waals surface area (Å²) in [4.78, 5) is 11.0. The number of ether oxygens (including phenoxy) is 1. The summed E-state index contributed by atoms with van der Waals surface area (Å²) >= 11 is 0.768. The number of hydrogen-bond donors (Lipinski definition) is 1. The van der Waals surface area contributed by atoms with Gasteiger partial charge in [0, 0.05) is 20.2 Å². The number of carboxylic acid groups (broad SMARTS) is 1. The van der Waals surface area contributed by atoms with Gasteiger partial charge in [-0.25, -0.2) is 13.2 Å². The fraction of sp³-hybridized carbons (Fsp3) is 0.545. The SMILES string of the molecule is COCC(C)N(C)S(=O)(=O)c1cc(C)c(C(=O)O)s1. The summed E-state index contributed by atoms with van der Waals surface area (Å²) in [6, 6.07) is 1.06. The fourth-order valence-electron chi connectivity index (χ4n) is 1.52. The quantitative estimate of drug-likeness (QED) is 0.859. The molecule has 0 amide bonds. The lowest BCUT2D eigenvalue weighted by atomic mass is 10.3. The molecule has 8 heteroatoms. The van der Waals surface area contributed by atoms with E-state index in [2.05, 4.69) is 0 Å². The molecule has 0 aliphatic heterocycles. The van der Waals surface area contributed by atoms with Crippen LogP contribution in [0.4, 0.5) is 0 Å². The van der Waals surface area contributed by atoms with E-state index in [1.165, 1.54) is 24.5 Å². The Kier molecular flexibility index (Phi) is 5.08. The predicted octanol–water partition coefficient (Wildman–Crippen LogP) is 1.41. The Morgan fingerprint density at radius 3 is 2.58 bits per heavy atom. The first-order chi connectivity index (χ1) is 8.71. The number of nitrogens with zero attached hydrogens (tertiary/aromatic N) is 1. The smallest absolute Gasteiger partial charge is 0.346 e. The summed E-state index contributed by atoms with van der Waals surface area (Å²) in [7, 11) is -0.739. The van der Waals surface area contributed by atoms with Crippen LogP contribution in [0.2, 0.25) is 0 Å². The zero-order chi connectivity index (χ0) is 14.8. The number of methoxy groups -OCH3 is 1. The molecule has 6 nitrogen and oxygen atoms in total. The number of aryl methyl sites for hydroxylation is 1. The molecule has 19 heavy (non-hydrogen) atoms. The minimum Gasteiger partial charge on any atom is -0.477 e. The molecule has 1 aromatic rings. The lowest BCUT2D eigenvalue weighted by Gasteiger charge is -2.22. The molecule has 0 aliphatic rings. The Hall–Kier alpha value is -0.960. The molecule has 1 atom stereocenters. The zero-order valence-electron chi connectivity index (χ0n) is 11.2. The largest absolute Gasteiger partial charge is 0.477 e. The van der Waals surface area contributed by atoms with Gasteiger partial charge in [-0.3, -0.25) is 0 Å². The van der Waals surface area contributed by atoms with Gasteiger partial charge in [0.25, 0.3) is 10.0 Å². The fourth-order valence-corrected chi connectivity index (χ4v) is 4.43. The van der Waals surface area contributed by atoms with Gasteiger partial charge in [0.05, 0.1) is 6.61 Å². The standard InChI is InChI=1S/C11H17NO5S2/c1-7-5-9(18-10(7)11(13)14)19(15,16)12(3)8(2)6-17-4/h5,8H,6H2,1-4H3,(H,13,14). The van der Waals surface area contributed by atoms with Gasteiger partial charge in [-0.1, -0.05) is 0 Å². The van der Waals surface area contributed by atoms with Crippen LogP contribution in [-0.4, -0.2) is 50.6 Å².